The van der Waals surface area contributed by atoms with Gasteiger partial charge in [0.15, 0.2) is 0 Å². The third-order valence-corrected chi connectivity index (χ3v) is 1.56. The van der Waals surface area contributed by atoms with E-state index in [-0.39, 0.29) is 6.61 Å². The summed E-state index contributed by atoms with van der Waals surface area (Å²) in [6.45, 7) is -0.130. The molecule has 0 aromatic heterocycles. The van der Waals surface area contributed by atoms with E-state index in [2.05, 4.69) is 0 Å². The standard InChI is InChI=1S/C10H9FO2/c11-10-6-8(7-13)3-4-9(10)2-1-5-12/h1-4,6-7,12H,5H2. The molecule has 0 aliphatic carbocycles. The number of benzene rings is 1. The molecule has 1 rings (SSSR count). The van der Waals surface area contributed by atoms with Crippen LogP contribution < -0.4 is 0 Å². The SMILES string of the molecule is O=Cc1ccc(C=CCO)c(F)c1. The van der Waals surface area contributed by atoms with Crippen LogP contribution in [0.1, 0.15) is 15.9 Å². The Labute approximate surface area is 75.3 Å². The summed E-state index contributed by atoms with van der Waals surface area (Å²) < 4.78 is 13.1. The lowest BCUT2D eigenvalue weighted by Crippen LogP contribution is -1.86. The second kappa shape index (κ2) is 4.52. The van der Waals surface area contributed by atoms with Crippen molar-refractivity contribution in [2.24, 2.45) is 0 Å². The van der Waals surface area contributed by atoms with Crippen molar-refractivity contribution >= 4 is 12.4 Å². The van der Waals surface area contributed by atoms with Gasteiger partial charge >= 0.3 is 0 Å². The van der Waals surface area contributed by atoms with E-state index in [1.807, 2.05) is 0 Å². The summed E-state index contributed by atoms with van der Waals surface area (Å²) in [4.78, 5) is 10.3. The largest absolute Gasteiger partial charge is 0.392 e. The number of carbonyl (C=O) groups excluding carboxylic acids is 1. The molecule has 0 radical (unpaired) electrons. The van der Waals surface area contributed by atoms with Crippen molar-refractivity contribution in [3.05, 3.63) is 41.2 Å². The minimum absolute atomic E-state index is 0.130. The van der Waals surface area contributed by atoms with Crippen molar-refractivity contribution in [3.8, 4) is 0 Å². The van der Waals surface area contributed by atoms with E-state index in [1.54, 1.807) is 0 Å². The number of halogens is 1. The van der Waals surface area contributed by atoms with Crippen LogP contribution >= 0.6 is 0 Å². The van der Waals surface area contributed by atoms with Crippen LogP contribution in [0.3, 0.4) is 0 Å². The van der Waals surface area contributed by atoms with Gasteiger partial charge in [-0.2, -0.15) is 0 Å². The lowest BCUT2D eigenvalue weighted by Gasteiger charge is -1.96. The quantitative estimate of drug-likeness (QED) is 0.718. The predicted octanol–water partition coefficient (Wildman–Crippen LogP) is 1.64. The fraction of sp³-hybridized carbons (Fsp3) is 0.100. The van der Waals surface area contributed by atoms with Crippen molar-refractivity contribution in [1.29, 1.82) is 0 Å². The second-order valence-electron chi connectivity index (χ2n) is 2.48. The topological polar surface area (TPSA) is 37.3 Å². The molecule has 68 valence electrons. The maximum atomic E-state index is 13.1. The van der Waals surface area contributed by atoms with E-state index in [9.17, 15) is 9.18 Å². The molecule has 0 saturated carbocycles. The molecule has 0 aliphatic heterocycles. The molecule has 0 bridgehead atoms. The number of aldehydes is 1. The first-order valence-corrected chi connectivity index (χ1v) is 3.80. The molecular weight excluding hydrogens is 171 g/mol. The summed E-state index contributed by atoms with van der Waals surface area (Å²) >= 11 is 0. The molecule has 3 heteroatoms. The lowest BCUT2D eigenvalue weighted by atomic mass is 10.1. The van der Waals surface area contributed by atoms with Gasteiger partial charge in [-0.05, 0) is 6.07 Å². The highest BCUT2D eigenvalue weighted by atomic mass is 19.1. The number of carbonyl (C=O) groups is 1. The predicted molar refractivity (Wildman–Crippen MR) is 47.9 cm³/mol. The summed E-state index contributed by atoms with van der Waals surface area (Å²) in [5, 5.41) is 8.45. The molecule has 0 atom stereocenters. The van der Waals surface area contributed by atoms with Crippen LogP contribution in [0.25, 0.3) is 6.08 Å². The Morgan fingerprint density at radius 2 is 2.23 bits per heavy atom. The van der Waals surface area contributed by atoms with E-state index >= 15 is 0 Å². The van der Waals surface area contributed by atoms with Gasteiger partial charge in [-0.15, -0.1) is 0 Å². The highest BCUT2D eigenvalue weighted by Gasteiger charge is 1.98. The van der Waals surface area contributed by atoms with Gasteiger partial charge in [0.25, 0.3) is 0 Å². The summed E-state index contributed by atoms with van der Waals surface area (Å²) in [6, 6.07) is 4.17. The van der Waals surface area contributed by atoms with Crippen LogP contribution in [0.5, 0.6) is 0 Å². The van der Waals surface area contributed by atoms with Gasteiger partial charge in [-0.3, -0.25) is 4.79 Å². The zero-order valence-electron chi connectivity index (χ0n) is 6.90. The van der Waals surface area contributed by atoms with Gasteiger partial charge in [0.1, 0.15) is 12.1 Å². The summed E-state index contributed by atoms with van der Waals surface area (Å²) in [7, 11) is 0. The monoisotopic (exact) mass is 180 g/mol. The number of rotatable bonds is 3. The first-order valence-electron chi connectivity index (χ1n) is 3.80. The van der Waals surface area contributed by atoms with E-state index in [0.717, 1.165) is 6.07 Å². The Morgan fingerprint density at radius 3 is 2.77 bits per heavy atom. The first-order chi connectivity index (χ1) is 6.27. The molecule has 0 fully saturated rings. The van der Waals surface area contributed by atoms with Crippen LogP contribution in [-0.2, 0) is 0 Å². The van der Waals surface area contributed by atoms with Crippen LogP contribution in [0.4, 0.5) is 4.39 Å². The Kier molecular flexibility index (Phi) is 3.34. The normalized spacial score (nSPS) is 10.6. The minimum atomic E-state index is -0.464. The average molecular weight is 180 g/mol. The van der Waals surface area contributed by atoms with Crippen molar-refractivity contribution < 1.29 is 14.3 Å². The minimum Gasteiger partial charge on any atom is -0.392 e. The molecule has 1 N–H and O–H groups in total. The second-order valence-corrected chi connectivity index (χ2v) is 2.48. The Bertz CT molecular complexity index is 332. The van der Waals surface area contributed by atoms with Crippen molar-refractivity contribution in [3.63, 3.8) is 0 Å². The van der Waals surface area contributed by atoms with Crippen molar-refractivity contribution in [2.45, 2.75) is 0 Å². The fourth-order valence-corrected chi connectivity index (χ4v) is 0.932. The third kappa shape index (κ3) is 2.49. The molecule has 0 unspecified atom stereocenters. The third-order valence-electron chi connectivity index (χ3n) is 1.56. The zero-order valence-corrected chi connectivity index (χ0v) is 6.90. The Balaban J connectivity index is 2.98. The van der Waals surface area contributed by atoms with Gasteiger partial charge < -0.3 is 5.11 Å². The smallest absolute Gasteiger partial charge is 0.150 e. The Morgan fingerprint density at radius 1 is 1.46 bits per heavy atom. The molecule has 0 saturated heterocycles. The number of hydrogen-bond acceptors (Lipinski definition) is 2. The zero-order chi connectivity index (χ0) is 9.68. The van der Waals surface area contributed by atoms with Crippen molar-refractivity contribution in [1.82, 2.24) is 0 Å². The van der Waals surface area contributed by atoms with E-state index in [0.29, 0.717) is 17.4 Å². The first kappa shape index (κ1) is 9.61. The van der Waals surface area contributed by atoms with Gasteiger partial charge in [0, 0.05) is 11.1 Å². The van der Waals surface area contributed by atoms with Crippen molar-refractivity contribution in [2.75, 3.05) is 6.61 Å². The maximum Gasteiger partial charge on any atom is 0.150 e. The van der Waals surface area contributed by atoms with Crippen LogP contribution in [0.2, 0.25) is 0 Å². The highest BCUT2D eigenvalue weighted by Crippen LogP contribution is 2.10. The molecule has 0 heterocycles. The average Bonchev–Trinajstić information content (AvgIpc) is 2.16. The molecule has 2 nitrogen and oxygen atoms in total. The van der Waals surface area contributed by atoms with E-state index in [4.69, 9.17) is 5.11 Å². The van der Waals surface area contributed by atoms with E-state index < -0.39 is 5.82 Å². The molecule has 1 aromatic rings. The van der Waals surface area contributed by atoms with Crippen LogP contribution in [0.15, 0.2) is 24.3 Å². The number of hydrogen-bond donors (Lipinski definition) is 1. The maximum absolute atomic E-state index is 13.1. The molecule has 0 amide bonds. The highest BCUT2D eigenvalue weighted by molar-refractivity contribution is 5.75. The molecule has 0 spiro atoms. The van der Waals surface area contributed by atoms with Crippen LogP contribution in [0, 0.1) is 5.82 Å². The van der Waals surface area contributed by atoms with Gasteiger partial charge in [-0.1, -0.05) is 24.3 Å². The summed E-state index contributed by atoms with van der Waals surface area (Å²) in [5.41, 5.74) is 0.665. The summed E-state index contributed by atoms with van der Waals surface area (Å²) in [5.74, 6) is -0.464. The van der Waals surface area contributed by atoms with Gasteiger partial charge in [-0.25, -0.2) is 4.39 Å². The Hall–Kier alpha value is -1.48. The van der Waals surface area contributed by atoms with E-state index in [1.165, 1.54) is 24.3 Å². The molecule has 1 aromatic carbocycles. The summed E-state index contributed by atoms with van der Waals surface area (Å²) in [6.07, 6.45) is 3.48. The van der Waals surface area contributed by atoms with Crippen LogP contribution in [-0.4, -0.2) is 18.0 Å². The fourth-order valence-electron chi connectivity index (χ4n) is 0.932. The molecule has 0 aliphatic rings. The van der Waals surface area contributed by atoms with Gasteiger partial charge in [0.05, 0.1) is 6.61 Å². The lowest BCUT2D eigenvalue weighted by molar-refractivity contribution is 0.112. The number of aliphatic hydroxyl groups excluding tert-OH is 1. The molecular formula is C10H9FO2. The van der Waals surface area contributed by atoms with Gasteiger partial charge in [0.2, 0.25) is 0 Å². The molecule has 13 heavy (non-hydrogen) atoms. The number of aliphatic hydroxyl groups is 1.